The van der Waals surface area contributed by atoms with Gasteiger partial charge in [0.1, 0.15) is 24.6 Å². The number of carbonyl (C=O) groups excluding carboxylic acids is 1. The highest BCUT2D eigenvalue weighted by atomic mass is 16.6. The quantitative estimate of drug-likeness (QED) is 0.282. The molecule has 4 aromatic rings. The Bertz CT molecular complexity index is 1480. The zero-order valence-corrected chi connectivity index (χ0v) is 24.8. The van der Waals surface area contributed by atoms with Crippen molar-refractivity contribution in [3.8, 4) is 22.9 Å². The molecule has 0 radical (unpaired) electrons. The van der Waals surface area contributed by atoms with Gasteiger partial charge >= 0.3 is 6.09 Å². The third kappa shape index (κ3) is 8.45. The molecule has 43 heavy (non-hydrogen) atoms. The van der Waals surface area contributed by atoms with E-state index < -0.39 is 17.8 Å². The molecule has 1 unspecified atom stereocenters. The molecule has 1 fully saturated rings. The van der Waals surface area contributed by atoms with Gasteiger partial charge in [-0.1, -0.05) is 60.7 Å². The number of carbonyl (C=O) groups is 1. The fourth-order valence-electron chi connectivity index (χ4n) is 4.71. The number of ether oxygens (including phenoxy) is 3. The molecule has 1 N–H and O–H groups in total. The first-order valence-corrected chi connectivity index (χ1v) is 14.5. The van der Waals surface area contributed by atoms with Crippen LogP contribution in [-0.4, -0.2) is 64.0 Å². The number of benzene rings is 2. The number of aromatic nitrogens is 2. The molecule has 1 amide bonds. The number of hydrogen-bond donors (Lipinski definition) is 1. The van der Waals surface area contributed by atoms with E-state index in [1.54, 1.807) is 11.1 Å². The monoisotopic (exact) mass is 582 g/mol. The molecule has 9 nitrogen and oxygen atoms in total. The van der Waals surface area contributed by atoms with E-state index in [2.05, 4.69) is 0 Å². The first-order valence-electron chi connectivity index (χ1n) is 14.5. The van der Waals surface area contributed by atoms with E-state index >= 15 is 0 Å². The van der Waals surface area contributed by atoms with Crippen LogP contribution < -0.4 is 14.4 Å². The molecule has 1 aliphatic heterocycles. The van der Waals surface area contributed by atoms with Crippen molar-refractivity contribution in [2.45, 2.75) is 45.7 Å². The Hall–Kier alpha value is -4.63. The summed E-state index contributed by atoms with van der Waals surface area (Å²) in [5.74, 6) is 1.62. The normalized spacial score (nSPS) is 15.5. The van der Waals surface area contributed by atoms with Gasteiger partial charge in [-0.3, -0.25) is 0 Å². The van der Waals surface area contributed by atoms with Gasteiger partial charge in [-0.2, -0.15) is 4.98 Å². The highest BCUT2D eigenvalue weighted by Crippen LogP contribution is 2.32. The van der Waals surface area contributed by atoms with Gasteiger partial charge in [-0.15, -0.1) is 0 Å². The maximum Gasteiger partial charge on any atom is 0.410 e. The number of hydrogen-bond acceptors (Lipinski definition) is 8. The van der Waals surface area contributed by atoms with Crippen molar-refractivity contribution in [1.29, 1.82) is 0 Å². The van der Waals surface area contributed by atoms with Crippen LogP contribution in [0.3, 0.4) is 0 Å². The largest absolute Gasteiger partial charge is 0.473 e. The van der Waals surface area contributed by atoms with Crippen molar-refractivity contribution < 1.29 is 24.1 Å². The Morgan fingerprint density at radius 3 is 2.16 bits per heavy atom. The topological polar surface area (TPSA) is 97.3 Å². The SMILES string of the molecule is CC(C)(C)OC(=O)N1CCN(c2ccc(-c3ccc(OCc4ccccc4)nc3OCc3ccccc3)cn2)CC(O)C1. The second kappa shape index (κ2) is 13.6. The number of pyridine rings is 2. The summed E-state index contributed by atoms with van der Waals surface area (Å²) < 4.78 is 17.7. The lowest BCUT2D eigenvalue weighted by Crippen LogP contribution is -2.41. The second-order valence-electron chi connectivity index (χ2n) is 11.5. The van der Waals surface area contributed by atoms with Gasteiger partial charge in [0.25, 0.3) is 0 Å². The minimum absolute atomic E-state index is 0.204. The van der Waals surface area contributed by atoms with Crippen LogP contribution in [0.25, 0.3) is 11.1 Å². The molecule has 0 spiro atoms. The van der Waals surface area contributed by atoms with Gasteiger partial charge in [0.15, 0.2) is 0 Å². The van der Waals surface area contributed by atoms with Crippen molar-refractivity contribution >= 4 is 11.9 Å². The van der Waals surface area contributed by atoms with Crippen LogP contribution in [0.5, 0.6) is 11.8 Å². The van der Waals surface area contributed by atoms with Crippen LogP contribution in [0.4, 0.5) is 10.6 Å². The Morgan fingerprint density at radius 1 is 0.860 bits per heavy atom. The summed E-state index contributed by atoms with van der Waals surface area (Å²) in [5.41, 5.74) is 3.09. The van der Waals surface area contributed by atoms with E-state index in [0.717, 1.165) is 22.3 Å². The van der Waals surface area contributed by atoms with E-state index in [4.69, 9.17) is 24.2 Å². The predicted octanol–water partition coefficient (Wildman–Crippen LogP) is 5.72. The summed E-state index contributed by atoms with van der Waals surface area (Å²) in [6, 6.07) is 27.5. The van der Waals surface area contributed by atoms with Gasteiger partial charge in [-0.05, 0) is 50.1 Å². The minimum Gasteiger partial charge on any atom is -0.473 e. The van der Waals surface area contributed by atoms with E-state index in [-0.39, 0.29) is 6.54 Å². The Kier molecular flexibility index (Phi) is 9.41. The number of anilines is 1. The third-order valence-corrected chi connectivity index (χ3v) is 6.82. The summed E-state index contributed by atoms with van der Waals surface area (Å²) in [7, 11) is 0. The number of rotatable bonds is 8. The number of nitrogens with zero attached hydrogens (tertiary/aromatic N) is 4. The molecule has 1 aliphatic rings. The predicted molar refractivity (Wildman–Crippen MR) is 165 cm³/mol. The van der Waals surface area contributed by atoms with E-state index in [9.17, 15) is 9.90 Å². The van der Waals surface area contributed by atoms with Crippen LogP contribution in [0.15, 0.2) is 91.1 Å². The fraction of sp³-hybridized carbons (Fsp3) is 0.324. The van der Waals surface area contributed by atoms with Gasteiger partial charge in [0.05, 0.1) is 12.6 Å². The molecular weight excluding hydrogens is 544 g/mol. The molecule has 224 valence electrons. The molecule has 0 aliphatic carbocycles. The van der Waals surface area contributed by atoms with Gasteiger partial charge in [-0.25, -0.2) is 9.78 Å². The van der Waals surface area contributed by atoms with Gasteiger partial charge < -0.3 is 29.1 Å². The third-order valence-electron chi connectivity index (χ3n) is 6.82. The Morgan fingerprint density at radius 2 is 1.53 bits per heavy atom. The minimum atomic E-state index is -0.734. The number of aliphatic hydroxyl groups excluding tert-OH is 1. The molecular formula is C34H38N4O5. The highest BCUT2D eigenvalue weighted by molar-refractivity contribution is 5.70. The van der Waals surface area contributed by atoms with E-state index in [1.807, 2.05) is 111 Å². The van der Waals surface area contributed by atoms with Crippen molar-refractivity contribution in [3.63, 3.8) is 0 Å². The lowest BCUT2D eigenvalue weighted by Gasteiger charge is -2.27. The molecule has 9 heteroatoms. The summed E-state index contributed by atoms with van der Waals surface area (Å²) in [5, 5.41) is 10.6. The van der Waals surface area contributed by atoms with Crippen molar-refractivity contribution in [3.05, 3.63) is 102 Å². The standard InChI is InChI=1S/C34H38N4O5/c1-34(2,3)43-33(40)38-19-18-37(21-28(39)22-38)30-16-14-27(20-35-30)29-15-17-31(41-23-25-10-6-4-7-11-25)36-32(29)42-24-26-12-8-5-9-13-26/h4-17,20,28,39H,18-19,21-24H2,1-3H3. The summed E-state index contributed by atoms with van der Waals surface area (Å²) in [4.78, 5) is 25.5. The first-order chi connectivity index (χ1) is 20.7. The zero-order valence-electron chi connectivity index (χ0n) is 24.8. The number of aliphatic hydroxyl groups is 1. The van der Waals surface area contributed by atoms with Crippen LogP contribution >= 0.6 is 0 Å². The number of β-amino-alcohol motifs (C(OH)–C–C–N with tert-alkyl or cyclic N) is 1. The Balaban J connectivity index is 1.32. The van der Waals surface area contributed by atoms with Crippen molar-refractivity contribution in [2.24, 2.45) is 0 Å². The smallest absolute Gasteiger partial charge is 0.410 e. The summed E-state index contributed by atoms with van der Waals surface area (Å²) >= 11 is 0. The second-order valence-corrected chi connectivity index (χ2v) is 11.5. The van der Waals surface area contributed by atoms with Crippen LogP contribution in [-0.2, 0) is 18.0 Å². The van der Waals surface area contributed by atoms with E-state index in [1.165, 1.54) is 0 Å². The average Bonchev–Trinajstić information content (AvgIpc) is 3.21. The first kappa shape index (κ1) is 29.8. The molecule has 1 atom stereocenters. The van der Waals surface area contributed by atoms with Crippen LogP contribution in [0, 0.1) is 0 Å². The molecule has 1 saturated heterocycles. The maximum absolute atomic E-state index is 12.6. The lowest BCUT2D eigenvalue weighted by atomic mass is 10.1. The molecule has 2 aromatic carbocycles. The lowest BCUT2D eigenvalue weighted by molar-refractivity contribution is 0.0186. The molecule has 0 saturated carbocycles. The Labute approximate surface area is 252 Å². The average molecular weight is 583 g/mol. The summed E-state index contributed by atoms with van der Waals surface area (Å²) in [6.45, 7) is 7.73. The summed E-state index contributed by atoms with van der Waals surface area (Å²) in [6.07, 6.45) is 0.611. The molecule has 5 rings (SSSR count). The molecule has 3 heterocycles. The van der Waals surface area contributed by atoms with Gasteiger partial charge in [0.2, 0.25) is 11.8 Å². The fourth-order valence-corrected chi connectivity index (χ4v) is 4.71. The number of amides is 1. The molecule has 2 aromatic heterocycles. The van der Waals surface area contributed by atoms with Crippen molar-refractivity contribution in [2.75, 3.05) is 31.1 Å². The highest BCUT2D eigenvalue weighted by Gasteiger charge is 2.28. The van der Waals surface area contributed by atoms with Crippen molar-refractivity contribution in [1.82, 2.24) is 14.9 Å². The maximum atomic E-state index is 12.6. The zero-order chi connectivity index (χ0) is 30.2. The van der Waals surface area contributed by atoms with Crippen LogP contribution in [0.1, 0.15) is 31.9 Å². The molecule has 0 bridgehead atoms. The van der Waals surface area contributed by atoms with E-state index in [0.29, 0.717) is 50.4 Å². The van der Waals surface area contributed by atoms with Gasteiger partial charge in [0, 0.05) is 43.0 Å². The van der Waals surface area contributed by atoms with Crippen LogP contribution in [0.2, 0.25) is 0 Å².